The number of thioether (sulfide) groups is 1. The van der Waals surface area contributed by atoms with E-state index in [2.05, 4.69) is 0 Å². The third-order valence-corrected chi connectivity index (χ3v) is 3.94. The van der Waals surface area contributed by atoms with Crippen LogP contribution < -0.4 is 4.74 Å². The Kier molecular flexibility index (Phi) is 4.95. The highest BCUT2D eigenvalue weighted by Gasteiger charge is 2.17. The molecule has 0 saturated heterocycles. The molecule has 0 N–H and O–H groups in total. The molecule has 0 radical (unpaired) electrons. The van der Waals surface area contributed by atoms with Gasteiger partial charge in [0.25, 0.3) is 9.05 Å². The fraction of sp³-hybridized carbons (Fsp3) is 0.400. The van der Waals surface area contributed by atoms with E-state index in [0.717, 1.165) is 11.3 Å². The molecule has 0 aliphatic carbocycles. The molecule has 16 heavy (non-hydrogen) atoms. The minimum Gasteiger partial charge on any atom is -0.492 e. The molecule has 0 amide bonds. The Labute approximate surface area is 105 Å². The van der Waals surface area contributed by atoms with E-state index >= 15 is 0 Å². The summed E-state index contributed by atoms with van der Waals surface area (Å²) < 4.78 is 28.1. The SMILES string of the molecule is CCCOc1ccc(SC)cc1S(=O)(=O)Cl. The van der Waals surface area contributed by atoms with Gasteiger partial charge in [0, 0.05) is 15.6 Å². The topological polar surface area (TPSA) is 43.4 Å². The summed E-state index contributed by atoms with van der Waals surface area (Å²) in [7, 11) is 1.59. The van der Waals surface area contributed by atoms with Gasteiger partial charge in [-0.3, -0.25) is 0 Å². The van der Waals surface area contributed by atoms with Crippen LogP contribution in [0.1, 0.15) is 13.3 Å². The zero-order chi connectivity index (χ0) is 12.2. The summed E-state index contributed by atoms with van der Waals surface area (Å²) in [5, 5.41) is 0. The number of halogens is 1. The summed E-state index contributed by atoms with van der Waals surface area (Å²) in [5.41, 5.74) is 0. The predicted octanol–water partition coefficient (Wildman–Crippen LogP) is 3.12. The van der Waals surface area contributed by atoms with E-state index in [4.69, 9.17) is 15.4 Å². The van der Waals surface area contributed by atoms with Crippen molar-refractivity contribution in [3.05, 3.63) is 18.2 Å². The summed E-state index contributed by atoms with van der Waals surface area (Å²) in [5.74, 6) is 0.314. The number of rotatable bonds is 5. The first-order chi connectivity index (χ1) is 7.49. The molecule has 0 spiro atoms. The van der Waals surface area contributed by atoms with E-state index in [1.807, 2.05) is 13.2 Å². The first-order valence-corrected chi connectivity index (χ1v) is 8.28. The van der Waals surface area contributed by atoms with Crippen LogP contribution in [0.3, 0.4) is 0 Å². The fourth-order valence-corrected chi connectivity index (χ4v) is 2.65. The normalized spacial score (nSPS) is 11.4. The zero-order valence-electron chi connectivity index (χ0n) is 9.07. The van der Waals surface area contributed by atoms with Gasteiger partial charge in [-0.2, -0.15) is 0 Å². The molecule has 0 heterocycles. The summed E-state index contributed by atoms with van der Waals surface area (Å²) in [6, 6.07) is 4.97. The van der Waals surface area contributed by atoms with Gasteiger partial charge < -0.3 is 4.74 Å². The van der Waals surface area contributed by atoms with Gasteiger partial charge in [-0.25, -0.2) is 8.42 Å². The molecule has 3 nitrogen and oxygen atoms in total. The quantitative estimate of drug-likeness (QED) is 0.614. The number of benzene rings is 1. The molecule has 0 aliphatic rings. The van der Waals surface area contributed by atoms with Gasteiger partial charge in [0.2, 0.25) is 0 Å². The van der Waals surface area contributed by atoms with Gasteiger partial charge in [0.15, 0.2) is 0 Å². The van der Waals surface area contributed by atoms with Gasteiger partial charge in [0.1, 0.15) is 10.6 Å². The van der Waals surface area contributed by atoms with Gasteiger partial charge in [-0.15, -0.1) is 11.8 Å². The van der Waals surface area contributed by atoms with Crippen molar-refractivity contribution in [3.8, 4) is 5.75 Å². The van der Waals surface area contributed by atoms with Crippen molar-refractivity contribution in [1.82, 2.24) is 0 Å². The zero-order valence-corrected chi connectivity index (χ0v) is 11.5. The second-order valence-electron chi connectivity index (χ2n) is 3.10. The molecule has 90 valence electrons. The van der Waals surface area contributed by atoms with E-state index in [9.17, 15) is 8.42 Å². The highest BCUT2D eigenvalue weighted by molar-refractivity contribution is 8.13. The lowest BCUT2D eigenvalue weighted by Crippen LogP contribution is -2.01. The summed E-state index contributed by atoms with van der Waals surface area (Å²) in [6.07, 6.45) is 2.68. The van der Waals surface area contributed by atoms with Crippen LogP contribution in [0.15, 0.2) is 28.0 Å². The molecule has 1 aromatic rings. The van der Waals surface area contributed by atoms with Crippen LogP contribution in [0.2, 0.25) is 0 Å². The van der Waals surface area contributed by atoms with Crippen molar-refractivity contribution in [3.63, 3.8) is 0 Å². The minimum atomic E-state index is -3.76. The Morgan fingerprint density at radius 2 is 2.12 bits per heavy atom. The summed E-state index contributed by atoms with van der Waals surface area (Å²) in [4.78, 5) is 0.873. The van der Waals surface area contributed by atoms with Crippen LogP contribution in [0.5, 0.6) is 5.75 Å². The van der Waals surface area contributed by atoms with Crippen LogP contribution in [-0.4, -0.2) is 21.3 Å². The maximum Gasteiger partial charge on any atom is 0.265 e. The molecule has 6 heteroatoms. The first kappa shape index (κ1) is 13.7. The first-order valence-electron chi connectivity index (χ1n) is 4.74. The highest BCUT2D eigenvalue weighted by atomic mass is 35.7. The average Bonchev–Trinajstić information content (AvgIpc) is 2.25. The minimum absolute atomic E-state index is 0.0365. The molecule has 0 fully saturated rings. The molecule has 0 unspecified atom stereocenters. The largest absolute Gasteiger partial charge is 0.492 e. The molecule has 1 aromatic carbocycles. The van der Waals surface area contributed by atoms with Gasteiger partial charge >= 0.3 is 0 Å². The highest BCUT2D eigenvalue weighted by Crippen LogP contribution is 2.31. The van der Waals surface area contributed by atoms with Gasteiger partial charge in [-0.05, 0) is 30.9 Å². The average molecular weight is 281 g/mol. The maximum atomic E-state index is 11.4. The molecule has 0 saturated carbocycles. The lowest BCUT2D eigenvalue weighted by atomic mass is 10.3. The number of hydrogen-bond acceptors (Lipinski definition) is 4. The summed E-state index contributed by atoms with van der Waals surface area (Å²) in [6.45, 7) is 2.42. The van der Waals surface area contributed by atoms with Crippen LogP contribution in [0.4, 0.5) is 0 Å². The van der Waals surface area contributed by atoms with E-state index in [0.29, 0.717) is 12.4 Å². The van der Waals surface area contributed by atoms with Crippen molar-refractivity contribution >= 4 is 31.5 Å². The van der Waals surface area contributed by atoms with Crippen LogP contribution >= 0.6 is 22.4 Å². The monoisotopic (exact) mass is 280 g/mol. The molecule has 0 aromatic heterocycles. The van der Waals surface area contributed by atoms with Gasteiger partial charge in [0.05, 0.1) is 6.61 Å². The van der Waals surface area contributed by atoms with Crippen molar-refractivity contribution < 1.29 is 13.2 Å². The smallest absolute Gasteiger partial charge is 0.265 e. The Bertz CT molecular complexity index is 457. The molecule has 1 rings (SSSR count). The fourth-order valence-electron chi connectivity index (χ4n) is 1.14. The Hall–Kier alpha value is -0.390. The molecule has 0 aliphatic heterocycles. The lowest BCUT2D eigenvalue weighted by Gasteiger charge is -2.09. The second-order valence-corrected chi connectivity index (χ2v) is 6.51. The second kappa shape index (κ2) is 5.80. The number of ether oxygens (including phenoxy) is 1. The Morgan fingerprint density at radius 1 is 1.44 bits per heavy atom. The van der Waals surface area contributed by atoms with Gasteiger partial charge in [-0.1, -0.05) is 6.92 Å². The lowest BCUT2D eigenvalue weighted by molar-refractivity contribution is 0.309. The number of hydrogen-bond donors (Lipinski definition) is 0. The molecular formula is C10H13ClO3S2. The molecular weight excluding hydrogens is 268 g/mol. The van der Waals surface area contributed by atoms with E-state index < -0.39 is 9.05 Å². The third-order valence-electron chi connectivity index (χ3n) is 1.88. The van der Waals surface area contributed by atoms with E-state index in [-0.39, 0.29) is 4.90 Å². The predicted molar refractivity (Wildman–Crippen MR) is 67.0 cm³/mol. The van der Waals surface area contributed by atoms with Crippen molar-refractivity contribution in [2.45, 2.75) is 23.1 Å². The van der Waals surface area contributed by atoms with E-state index in [1.54, 1.807) is 12.1 Å². The molecule has 0 bridgehead atoms. The molecule has 0 atom stereocenters. The Morgan fingerprint density at radius 3 is 2.62 bits per heavy atom. The van der Waals surface area contributed by atoms with Crippen molar-refractivity contribution in [1.29, 1.82) is 0 Å². The summed E-state index contributed by atoms with van der Waals surface area (Å²) >= 11 is 1.45. The third kappa shape index (κ3) is 3.57. The van der Waals surface area contributed by atoms with Crippen LogP contribution in [-0.2, 0) is 9.05 Å². The van der Waals surface area contributed by atoms with Crippen LogP contribution in [0, 0.1) is 0 Å². The van der Waals surface area contributed by atoms with Crippen molar-refractivity contribution in [2.75, 3.05) is 12.9 Å². The Balaban J connectivity index is 3.17. The van der Waals surface area contributed by atoms with E-state index in [1.165, 1.54) is 17.8 Å². The standard InChI is InChI=1S/C10H13ClO3S2/c1-3-6-14-9-5-4-8(15-2)7-10(9)16(11,12)13/h4-5,7H,3,6H2,1-2H3. The maximum absolute atomic E-state index is 11.4. The van der Waals surface area contributed by atoms with Crippen LogP contribution in [0.25, 0.3) is 0 Å². The van der Waals surface area contributed by atoms with Crippen molar-refractivity contribution in [2.24, 2.45) is 0 Å².